The van der Waals surface area contributed by atoms with E-state index in [9.17, 15) is 9.59 Å². The minimum Gasteiger partial charge on any atom is -0.493 e. The minimum atomic E-state index is -0.0440. The van der Waals surface area contributed by atoms with E-state index in [1.807, 2.05) is 11.0 Å². The van der Waals surface area contributed by atoms with Crippen molar-refractivity contribution >= 4 is 17.5 Å². The molecule has 0 bridgehead atoms. The highest BCUT2D eigenvalue weighted by Crippen LogP contribution is 2.33. The van der Waals surface area contributed by atoms with Crippen molar-refractivity contribution in [1.82, 2.24) is 4.90 Å². The molecular formula is C22H32N2O4. The average Bonchev–Trinajstić information content (AvgIpc) is 2.73. The van der Waals surface area contributed by atoms with Crippen molar-refractivity contribution in [3.63, 3.8) is 0 Å². The van der Waals surface area contributed by atoms with Crippen LogP contribution in [0.2, 0.25) is 0 Å². The summed E-state index contributed by atoms with van der Waals surface area (Å²) >= 11 is 0. The van der Waals surface area contributed by atoms with Gasteiger partial charge in [-0.05, 0) is 56.6 Å². The standard InChI is InChI=1S/C22H32N2O4/c1-15-5-4-12-24(14-15)22(26)17-8-6-16(7-9-17)21(25)23-18-10-11-19(27-2)20(13-18)28-3/h10-11,13,15-17H,4-9,12,14H2,1-3H3,(H,23,25). The van der Waals surface area contributed by atoms with Gasteiger partial charge in [0.1, 0.15) is 0 Å². The van der Waals surface area contributed by atoms with Crippen LogP contribution in [0.3, 0.4) is 0 Å². The van der Waals surface area contributed by atoms with Crippen LogP contribution in [0.25, 0.3) is 0 Å². The van der Waals surface area contributed by atoms with Gasteiger partial charge in [0.05, 0.1) is 14.2 Å². The topological polar surface area (TPSA) is 67.9 Å². The van der Waals surface area contributed by atoms with E-state index in [4.69, 9.17) is 9.47 Å². The van der Waals surface area contributed by atoms with Crippen molar-refractivity contribution in [2.24, 2.45) is 17.8 Å². The Balaban J connectivity index is 1.52. The molecular weight excluding hydrogens is 356 g/mol. The van der Waals surface area contributed by atoms with E-state index in [-0.39, 0.29) is 17.7 Å². The number of nitrogens with zero attached hydrogens (tertiary/aromatic N) is 1. The average molecular weight is 389 g/mol. The van der Waals surface area contributed by atoms with Gasteiger partial charge < -0.3 is 19.7 Å². The molecule has 1 heterocycles. The summed E-state index contributed by atoms with van der Waals surface area (Å²) in [5.41, 5.74) is 0.697. The lowest BCUT2D eigenvalue weighted by Crippen LogP contribution is -2.43. The van der Waals surface area contributed by atoms with Crippen LogP contribution < -0.4 is 14.8 Å². The van der Waals surface area contributed by atoms with Crippen molar-refractivity contribution in [3.8, 4) is 11.5 Å². The first-order valence-corrected chi connectivity index (χ1v) is 10.3. The Morgan fingerprint density at radius 2 is 1.68 bits per heavy atom. The van der Waals surface area contributed by atoms with Crippen LogP contribution in [0.15, 0.2) is 18.2 Å². The largest absolute Gasteiger partial charge is 0.493 e. The number of methoxy groups -OCH3 is 2. The molecule has 2 amide bonds. The lowest BCUT2D eigenvalue weighted by molar-refractivity contribution is -0.139. The Morgan fingerprint density at radius 1 is 1.00 bits per heavy atom. The number of nitrogens with one attached hydrogen (secondary N) is 1. The fraction of sp³-hybridized carbons (Fsp3) is 0.636. The number of likely N-dealkylation sites (tertiary alicyclic amines) is 1. The monoisotopic (exact) mass is 388 g/mol. The van der Waals surface area contributed by atoms with Gasteiger partial charge in [-0.25, -0.2) is 0 Å². The summed E-state index contributed by atoms with van der Waals surface area (Å²) < 4.78 is 10.5. The molecule has 3 rings (SSSR count). The van der Waals surface area contributed by atoms with Gasteiger partial charge in [-0.2, -0.15) is 0 Å². The fourth-order valence-electron chi connectivity index (χ4n) is 4.41. The number of amides is 2. The summed E-state index contributed by atoms with van der Waals surface area (Å²) in [4.78, 5) is 27.5. The van der Waals surface area contributed by atoms with E-state index in [1.165, 1.54) is 6.42 Å². The normalized spacial score (nSPS) is 25.1. The van der Waals surface area contributed by atoms with Gasteiger partial charge in [-0.15, -0.1) is 0 Å². The molecule has 1 atom stereocenters. The van der Waals surface area contributed by atoms with Crippen LogP contribution in [0, 0.1) is 17.8 Å². The van der Waals surface area contributed by atoms with E-state index >= 15 is 0 Å². The maximum absolute atomic E-state index is 12.8. The molecule has 6 nitrogen and oxygen atoms in total. The zero-order valence-electron chi connectivity index (χ0n) is 17.2. The Bertz CT molecular complexity index is 698. The second-order valence-corrected chi connectivity index (χ2v) is 8.14. The molecule has 1 N–H and O–H groups in total. The van der Waals surface area contributed by atoms with Crippen LogP contribution in [-0.2, 0) is 9.59 Å². The van der Waals surface area contributed by atoms with E-state index in [2.05, 4.69) is 12.2 Å². The van der Waals surface area contributed by atoms with Crippen LogP contribution in [0.5, 0.6) is 11.5 Å². The second kappa shape index (κ2) is 9.30. The number of benzene rings is 1. The SMILES string of the molecule is COc1ccc(NC(=O)C2CCC(C(=O)N3CCCC(C)C3)CC2)cc1OC. The fourth-order valence-corrected chi connectivity index (χ4v) is 4.41. The van der Waals surface area contributed by atoms with Crippen molar-refractivity contribution in [2.45, 2.75) is 45.4 Å². The van der Waals surface area contributed by atoms with Crippen molar-refractivity contribution in [1.29, 1.82) is 0 Å². The summed E-state index contributed by atoms with van der Waals surface area (Å²) in [5.74, 6) is 2.17. The van der Waals surface area contributed by atoms with Gasteiger partial charge in [0, 0.05) is 36.7 Å². The van der Waals surface area contributed by atoms with Gasteiger partial charge in [-0.1, -0.05) is 6.92 Å². The van der Waals surface area contributed by atoms with Gasteiger partial charge in [0.15, 0.2) is 11.5 Å². The predicted octanol–water partition coefficient (Wildman–Crippen LogP) is 3.71. The molecule has 154 valence electrons. The zero-order chi connectivity index (χ0) is 20.1. The van der Waals surface area contributed by atoms with E-state index < -0.39 is 0 Å². The van der Waals surface area contributed by atoms with E-state index in [0.717, 1.165) is 45.2 Å². The highest BCUT2D eigenvalue weighted by Gasteiger charge is 2.33. The third kappa shape index (κ3) is 4.78. The Morgan fingerprint density at radius 3 is 2.32 bits per heavy atom. The smallest absolute Gasteiger partial charge is 0.227 e. The molecule has 1 aliphatic carbocycles. The number of rotatable bonds is 5. The third-order valence-electron chi connectivity index (χ3n) is 6.07. The number of hydrogen-bond donors (Lipinski definition) is 1. The highest BCUT2D eigenvalue weighted by atomic mass is 16.5. The van der Waals surface area contributed by atoms with Gasteiger partial charge in [0.2, 0.25) is 11.8 Å². The summed E-state index contributed by atoms with van der Waals surface area (Å²) in [6, 6.07) is 5.36. The second-order valence-electron chi connectivity index (χ2n) is 8.14. The quantitative estimate of drug-likeness (QED) is 0.835. The highest BCUT2D eigenvalue weighted by molar-refractivity contribution is 5.93. The maximum Gasteiger partial charge on any atom is 0.227 e. The number of carbonyl (C=O) groups excluding carboxylic acids is 2. The van der Waals surface area contributed by atoms with Crippen molar-refractivity contribution in [2.75, 3.05) is 32.6 Å². The molecule has 1 saturated heterocycles. The zero-order valence-corrected chi connectivity index (χ0v) is 17.2. The first-order chi connectivity index (χ1) is 13.5. The van der Waals surface area contributed by atoms with Gasteiger partial charge in [0.25, 0.3) is 0 Å². The van der Waals surface area contributed by atoms with Crippen molar-refractivity contribution < 1.29 is 19.1 Å². The van der Waals surface area contributed by atoms with Crippen LogP contribution >= 0.6 is 0 Å². The van der Waals surface area contributed by atoms with Crippen LogP contribution in [0.4, 0.5) is 5.69 Å². The van der Waals surface area contributed by atoms with Crippen LogP contribution in [0.1, 0.15) is 45.4 Å². The van der Waals surface area contributed by atoms with E-state index in [0.29, 0.717) is 29.0 Å². The predicted molar refractivity (Wildman–Crippen MR) is 109 cm³/mol. The molecule has 1 aliphatic heterocycles. The van der Waals surface area contributed by atoms with Crippen molar-refractivity contribution in [3.05, 3.63) is 18.2 Å². The third-order valence-corrected chi connectivity index (χ3v) is 6.07. The van der Waals surface area contributed by atoms with Gasteiger partial charge in [-0.3, -0.25) is 9.59 Å². The molecule has 2 aliphatic rings. The molecule has 0 aromatic heterocycles. The Hall–Kier alpha value is -2.24. The van der Waals surface area contributed by atoms with Gasteiger partial charge >= 0.3 is 0 Å². The summed E-state index contributed by atoms with van der Waals surface area (Å²) in [6.45, 7) is 4.00. The Labute approximate surface area is 167 Å². The summed E-state index contributed by atoms with van der Waals surface area (Å²) in [6.07, 6.45) is 5.45. The lowest BCUT2D eigenvalue weighted by atomic mass is 9.80. The number of hydrogen-bond acceptors (Lipinski definition) is 4. The maximum atomic E-state index is 12.8. The molecule has 6 heteroatoms. The molecule has 1 aromatic rings. The number of carbonyl (C=O) groups is 2. The van der Waals surface area contributed by atoms with Crippen LogP contribution in [-0.4, -0.2) is 44.0 Å². The number of piperidine rings is 1. The molecule has 28 heavy (non-hydrogen) atoms. The summed E-state index contributed by atoms with van der Waals surface area (Å²) in [7, 11) is 3.16. The molecule has 2 fully saturated rings. The van der Waals surface area contributed by atoms with E-state index in [1.54, 1.807) is 26.4 Å². The first-order valence-electron chi connectivity index (χ1n) is 10.3. The molecule has 1 aromatic carbocycles. The molecule has 1 unspecified atom stereocenters. The first kappa shape index (κ1) is 20.5. The lowest BCUT2D eigenvalue weighted by Gasteiger charge is -2.35. The summed E-state index contributed by atoms with van der Waals surface area (Å²) in [5, 5.41) is 2.98. The molecule has 0 radical (unpaired) electrons. The Kier molecular flexibility index (Phi) is 6.81. The number of ether oxygens (including phenoxy) is 2. The number of anilines is 1. The minimum absolute atomic E-state index is 0.0183. The molecule has 0 spiro atoms. The molecule has 1 saturated carbocycles.